The number of carboxylic acids is 2. The van der Waals surface area contributed by atoms with Gasteiger partial charge in [0.25, 0.3) is 0 Å². The molecule has 2 N–H and O–H groups in total. The third-order valence-electron chi connectivity index (χ3n) is 6.38. The molecule has 1 unspecified atom stereocenters. The van der Waals surface area contributed by atoms with Crippen molar-refractivity contribution in [3.05, 3.63) is 58.3 Å². The first-order valence-corrected chi connectivity index (χ1v) is 11.8. The fourth-order valence-electron chi connectivity index (χ4n) is 4.47. The number of allylic oxidation sites excluding steroid dienone is 2. The van der Waals surface area contributed by atoms with Gasteiger partial charge in [-0.3, -0.25) is 0 Å². The van der Waals surface area contributed by atoms with Gasteiger partial charge in [-0.15, -0.1) is 10.2 Å². The first-order chi connectivity index (χ1) is 17.5. The fourth-order valence-corrected chi connectivity index (χ4v) is 4.47. The predicted molar refractivity (Wildman–Crippen MR) is 131 cm³/mol. The minimum Gasteiger partial charge on any atom is -0.478 e. The standard InChI is InChI=1S/C26H31N3O8/c1-7-36-26(34)23-28-27-22(37-23)17-10-8-9-16(11-17)21-19(24(30)31)14(4)29(12-18(35-6)13(2)3)15(5)20(21)25(32)33/h8-11,13,18,21H,7,12H2,1-6H3,(H,30,31)(H,32,33). The van der Waals surface area contributed by atoms with Crippen LogP contribution in [-0.4, -0.2) is 69.6 Å². The van der Waals surface area contributed by atoms with Crippen LogP contribution >= 0.6 is 0 Å². The topological polar surface area (TPSA) is 152 Å². The van der Waals surface area contributed by atoms with Crippen molar-refractivity contribution in [1.82, 2.24) is 15.1 Å². The Hall–Kier alpha value is -3.99. The van der Waals surface area contributed by atoms with E-state index >= 15 is 0 Å². The molecule has 37 heavy (non-hydrogen) atoms. The summed E-state index contributed by atoms with van der Waals surface area (Å²) in [7, 11) is 1.57. The highest BCUT2D eigenvalue weighted by Crippen LogP contribution is 2.43. The van der Waals surface area contributed by atoms with Crippen molar-refractivity contribution in [2.75, 3.05) is 20.3 Å². The van der Waals surface area contributed by atoms with Crippen molar-refractivity contribution in [3.63, 3.8) is 0 Å². The Morgan fingerprint density at radius 3 is 2.22 bits per heavy atom. The molecule has 3 rings (SSSR count). The Balaban J connectivity index is 2.13. The third-order valence-corrected chi connectivity index (χ3v) is 6.38. The van der Waals surface area contributed by atoms with Gasteiger partial charge in [-0.1, -0.05) is 26.0 Å². The molecule has 0 saturated carbocycles. The molecule has 1 aliphatic rings. The van der Waals surface area contributed by atoms with Gasteiger partial charge in [0.2, 0.25) is 5.89 Å². The lowest BCUT2D eigenvalue weighted by molar-refractivity contribution is -0.133. The molecule has 11 heteroatoms. The Morgan fingerprint density at radius 2 is 1.70 bits per heavy atom. The van der Waals surface area contributed by atoms with Gasteiger partial charge in [0.15, 0.2) is 0 Å². The summed E-state index contributed by atoms with van der Waals surface area (Å²) >= 11 is 0. The first kappa shape index (κ1) is 27.6. The predicted octanol–water partition coefficient (Wildman–Crippen LogP) is 3.70. The third kappa shape index (κ3) is 5.56. The summed E-state index contributed by atoms with van der Waals surface area (Å²) in [6, 6.07) is 6.50. The second-order valence-electron chi connectivity index (χ2n) is 8.93. The van der Waals surface area contributed by atoms with Crippen LogP contribution in [0.1, 0.15) is 56.8 Å². The number of benzene rings is 1. The molecular formula is C26H31N3O8. The molecule has 0 radical (unpaired) electrons. The molecule has 1 aliphatic heterocycles. The molecular weight excluding hydrogens is 482 g/mol. The molecule has 0 spiro atoms. The molecule has 2 heterocycles. The highest BCUT2D eigenvalue weighted by atomic mass is 16.5. The van der Waals surface area contributed by atoms with Gasteiger partial charge in [-0.25, -0.2) is 14.4 Å². The van der Waals surface area contributed by atoms with E-state index in [9.17, 15) is 24.6 Å². The van der Waals surface area contributed by atoms with Crippen LogP contribution in [0.3, 0.4) is 0 Å². The maximum atomic E-state index is 12.5. The molecule has 0 fully saturated rings. The SMILES string of the molecule is CCOC(=O)c1nnc(-c2cccc(C3C(C(=O)O)=C(C)N(CC(OC)C(C)C)C(C)=C3C(=O)O)c2)o1. The van der Waals surface area contributed by atoms with E-state index in [2.05, 4.69) is 10.2 Å². The van der Waals surface area contributed by atoms with Crippen LogP contribution in [-0.2, 0) is 19.1 Å². The summed E-state index contributed by atoms with van der Waals surface area (Å²) < 4.78 is 15.9. The van der Waals surface area contributed by atoms with E-state index in [0.29, 0.717) is 29.1 Å². The summed E-state index contributed by atoms with van der Waals surface area (Å²) in [5, 5.41) is 28.0. The molecule has 1 aromatic heterocycles. The van der Waals surface area contributed by atoms with Gasteiger partial charge < -0.3 is 29.0 Å². The Labute approximate surface area is 214 Å². The molecule has 1 atom stereocenters. The highest BCUT2D eigenvalue weighted by Gasteiger charge is 2.40. The van der Waals surface area contributed by atoms with E-state index in [-0.39, 0.29) is 41.6 Å². The number of hydrogen-bond donors (Lipinski definition) is 2. The minimum absolute atomic E-state index is 0.0114. The smallest absolute Gasteiger partial charge is 0.396 e. The van der Waals surface area contributed by atoms with E-state index in [0.717, 1.165) is 0 Å². The summed E-state index contributed by atoms with van der Waals surface area (Å²) in [5.74, 6) is -4.49. The number of ether oxygens (including phenoxy) is 2. The van der Waals surface area contributed by atoms with Gasteiger partial charge >= 0.3 is 23.8 Å². The molecule has 198 valence electrons. The van der Waals surface area contributed by atoms with E-state index in [4.69, 9.17) is 13.9 Å². The molecule has 0 saturated heterocycles. The van der Waals surface area contributed by atoms with E-state index < -0.39 is 23.8 Å². The molecule has 0 bridgehead atoms. The summed E-state index contributed by atoms with van der Waals surface area (Å²) in [6.07, 6.45) is -0.249. The molecule has 0 aliphatic carbocycles. The number of carbonyl (C=O) groups excluding carboxylic acids is 1. The van der Waals surface area contributed by atoms with E-state index in [1.165, 1.54) is 0 Å². The number of methoxy groups -OCH3 is 1. The Kier molecular flexibility index (Phi) is 8.49. The van der Waals surface area contributed by atoms with Crippen LogP contribution in [0.15, 0.2) is 51.2 Å². The number of nitrogens with zero attached hydrogens (tertiary/aromatic N) is 3. The zero-order valence-electron chi connectivity index (χ0n) is 21.6. The van der Waals surface area contributed by atoms with Gasteiger partial charge in [0, 0.05) is 30.6 Å². The molecule has 11 nitrogen and oxygen atoms in total. The van der Waals surface area contributed by atoms with E-state index in [1.54, 1.807) is 57.0 Å². The van der Waals surface area contributed by atoms with Crippen molar-refractivity contribution < 1.29 is 38.5 Å². The molecule has 0 amide bonds. The monoisotopic (exact) mass is 513 g/mol. The quantitative estimate of drug-likeness (QED) is 0.447. The summed E-state index contributed by atoms with van der Waals surface area (Å²) in [4.78, 5) is 38.7. The number of esters is 1. The van der Waals surface area contributed by atoms with Gasteiger partial charge in [-0.05, 0) is 44.4 Å². The number of aliphatic carboxylic acids is 2. The lowest BCUT2D eigenvalue weighted by Crippen LogP contribution is -2.40. The average Bonchev–Trinajstić information content (AvgIpc) is 3.34. The maximum Gasteiger partial charge on any atom is 0.396 e. The van der Waals surface area contributed by atoms with Gasteiger partial charge in [-0.2, -0.15) is 0 Å². The number of aromatic nitrogens is 2. The van der Waals surface area contributed by atoms with Crippen LogP contribution < -0.4 is 0 Å². The van der Waals surface area contributed by atoms with Crippen molar-refractivity contribution in [2.45, 2.75) is 46.6 Å². The van der Waals surface area contributed by atoms with Gasteiger partial charge in [0.1, 0.15) is 0 Å². The van der Waals surface area contributed by atoms with Crippen LogP contribution in [0, 0.1) is 5.92 Å². The number of rotatable bonds is 10. The number of carboxylic acid groups (broad SMARTS) is 2. The second kappa shape index (κ2) is 11.4. The Morgan fingerprint density at radius 1 is 1.08 bits per heavy atom. The van der Waals surface area contributed by atoms with Crippen LogP contribution in [0.2, 0.25) is 0 Å². The molecule has 2 aromatic rings. The normalized spacial score (nSPS) is 15.4. The summed E-state index contributed by atoms with van der Waals surface area (Å²) in [6.45, 7) is 9.37. The first-order valence-electron chi connectivity index (χ1n) is 11.8. The zero-order valence-corrected chi connectivity index (χ0v) is 21.6. The Bertz CT molecular complexity index is 1220. The highest BCUT2D eigenvalue weighted by molar-refractivity contribution is 5.98. The molecule has 1 aromatic carbocycles. The van der Waals surface area contributed by atoms with Crippen molar-refractivity contribution >= 4 is 17.9 Å². The average molecular weight is 514 g/mol. The lowest BCUT2D eigenvalue weighted by Gasteiger charge is -2.39. The van der Waals surface area contributed by atoms with E-state index in [1.807, 2.05) is 13.8 Å². The van der Waals surface area contributed by atoms with Crippen LogP contribution in [0.4, 0.5) is 0 Å². The van der Waals surface area contributed by atoms with Crippen LogP contribution in [0.5, 0.6) is 0 Å². The largest absolute Gasteiger partial charge is 0.478 e. The number of hydrogen-bond acceptors (Lipinski definition) is 9. The maximum absolute atomic E-state index is 12.5. The van der Waals surface area contributed by atoms with Gasteiger partial charge in [0.05, 0.1) is 29.8 Å². The zero-order chi connectivity index (χ0) is 27.4. The minimum atomic E-state index is -1.23. The lowest BCUT2D eigenvalue weighted by atomic mass is 9.79. The number of carbonyl (C=O) groups is 3. The fraction of sp³-hybridized carbons (Fsp3) is 0.423. The van der Waals surface area contributed by atoms with Crippen molar-refractivity contribution in [1.29, 1.82) is 0 Å². The van der Waals surface area contributed by atoms with Crippen molar-refractivity contribution in [2.24, 2.45) is 5.92 Å². The summed E-state index contributed by atoms with van der Waals surface area (Å²) in [5.41, 5.74) is 1.54. The van der Waals surface area contributed by atoms with Crippen LogP contribution in [0.25, 0.3) is 11.5 Å². The van der Waals surface area contributed by atoms with Crippen molar-refractivity contribution in [3.8, 4) is 11.5 Å². The second-order valence-corrected chi connectivity index (χ2v) is 8.93.